The first kappa shape index (κ1) is 14.6. The molecule has 102 valence electrons. The second-order valence-corrected chi connectivity index (χ2v) is 5.46. The van der Waals surface area contributed by atoms with Crippen LogP contribution in [0.4, 0.5) is 4.79 Å². The Hall–Kier alpha value is -1.46. The van der Waals surface area contributed by atoms with Gasteiger partial charge in [0.05, 0.1) is 6.10 Å². The highest BCUT2D eigenvalue weighted by Crippen LogP contribution is 2.20. The molecule has 7 heteroatoms. The smallest absolute Gasteiger partial charge is 0.410 e. The minimum Gasteiger partial charge on any atom is -0.444 e. The van der Waals surface area contributed by atoms with Gasteiger partial charge in [-0.15, -0.1) is 0 Å². The first-order valence-corrected chi connectivity index (χ1v) is 6.00. The van der Waals surface area contributed by atoms with Crippen molar-refractivity contribution in [2.24, 2.45) is 11.0 Å². The maximum absolute atomic E-state index is 11.9. The minimum absolute atomic E-state index is 0.191. The highest BCUT2D eigenvalue weighted by molar-refractivity contribution is 5.68. The van der Waals surface area contributed by atoms with Crippen molar-refractivity contribution >= 4 is 6.09 Å². The van der Waals surface area contributed by atoms with E-state index < -0.39 is 11.7 Å². The number of nitrogens with zero attached hydrogens (tertiary/aromatic N) is 4. The van der Waals surface area contributed by atoms with Crippen LogP contribution in [0.1, 0.15) is 27.2 Å². The molecule has 0 aliphatic carbocycles. The SMILES string of the molecule is CC(C)(C)OC(=O)N1CC[C@H](O)C(CN=[N+]=[N-])C1. The number of hydrogen-bond acceptors (Lipinski definition) is 4. The summed E-state index contributed by atoms with van der Waals surface area (Å²) in [7, 11) is 0. The van der Waals surface area contributed by atoms with E-state index in [1.807, 2.05) is 0 Å². The largest absolute Gasteiger partial charge is 0.444 e. The summed E-state index contributed by atoms with van der Waals surface area (Å²) in [5.41, 5.74) is 7.75. The van der Waals surface area contributed by atoms with Gasteiger partial charge in [0, 0.05) is 30.5 Å². The second-order valence-electron chi connectivity index (χ2n) is 5.46. The maximum atomic E-state index is 11.9. The average molecular weight is 256 g/mol. The number of carbonyl (C=O) groups excluding carboxylic acids is 1. The standard InChI is InChI=1S/C11H20N4O3/c1-11(2,3)18-10(17)15-5-4-9(16)8(7-15)6-13-14-12/h8-9,16H,4-7H2,1-3H3/t8?,9-/m0/s1. The lowest BCUT2D eigenvalue weighted by atomic mass is 9.95. The third-order valence-corrected chi connectivity index (χ3v) is 2.72. The molecule has 1 fully saturated rings. The minimum atomic E-state index is -0.534. The molecule has 1 aliphatic heterocycles. The molecule has 0 aromatic carbocycles. The van der Waals surface area contributed by atoms with E-state index in [2.05, 4.69) is 10.0 Å². The molecule has 0 spiro atoms. The Morgan fingerprint density at radius 2 is 2.28 bits per heavy atom. The number of azide groups is 1. The molecule has 1 rings (SSSR count). The average Bonchev–Trinajstić information content (AvgIpc) is 2.25. The number of amides is 1. The molecule has 0 saturated carbocycles. The third kappa shape index (κ3) is 4.43. The summed E-state index contributed by atoms with van der Waals surface area (Å²) >= 11 is 0. The van der Waals surface area contributed by atoms with E-state index in [9.17, 15) is 9.90 Å². The van der Waals surface area contributed by atoms with E-state index in [0.717, 1.165) is 0 Å². The normalized spacial score (nSPS) is 24.3. The third-order valence-electron chi connectivity index (χ3n) is 2.72. The van der Waals surface area contributed by atoms with Gasteiger partial charge in [0.1, 0.15) is 5.60 Å². The zero-order valence-electron chi connectivity index (χ0n) is 11.0. The van der Waals surface area contributed by atoms with Crippen molar-refractivity contribution in [2.45, 2.75) is 38.9 Å². The van der Waals surface area contributed by atoms with Crippen LogP contribution in [-0.4, -0.2) is 47.4 Å². The van der Waals surface area contributed by atoms with Gasteiger partial charge in [0.25, 0.3) is 0 Å². The van der Waals surface area contributed by atoms with Gasteiger partial charge in [-0.3, -0.25) is 0 Å². The van der Waals surface area contributed by atoms with Crippen molar-refractivity contribution in [1.82, 2.24) is 4.90 Å². The number of likely N-dealkylation sites (tertiary alicyclic amines) is 1. The van der Waals surface area contributed by atoms with Crippen LogP contribution in [0.25, 0.3) is 10.4 Å². The van der Waals surface area contributed by atoms with E-state index in [1.54, 1.807) is 25.7 Å². The van der Waals surface area contributed by atoms with Gasteiger partial charge >= 0.3 is 6.09 Å². The van der Waals surface area contributed by atoms with Crippen LogP contribution >= 0.6 is 0 Å². The Morgan fingerprint density at radius 1 is 1.61 bits per heavy atom. The van der Waals surface area contributed by atoms with Crippen LogP contribution < -0.4 is 0 Å². The van der Waals surface area contributed by atoms with Crippen molar-refractivity contribution in [3.8, 4) is 0 Å². The molecule has 7 nitrogen and oxygen atoms in total. The number of ether oxygens (including phenoxy) is 1. The van der Waals surface area contributed by atoms with E-state index in [0.29, 0.717) is 19.5 Å². The van der Waals surface area contributed by atoms with Crippen LogP contribution in [0.2, 0.25) is 0 Å². The highest BCUT2D eigenvalue weighted by atomic mass is 16.6. The number of carbonyl (C=O) groups is 1. The monoisotopic (exact) mass is 256 g/mol. The molecule has 1 unspecified atom stereocenters. The van der Waals surface area contributed by atoms with Gasteiger partial charge in [-0.2, -0.15) is 0 Å². The van der Waals surface area contributed by atoms with Gasteiger partial charge in [0.15, 0.2) is 0 Å². The molecule has 18 heavy (non-hydrogen) atoms. The van der Waals surface area contributed by atoms with Crippen molar-refractivity contribution in [3.05, 3.63) is 10.4 Å². The molecular weight excluding hydrogens is 236 g/mol. The van der Waals surface area contributed by atoms with Gasteiger partial charge in [-0.25, -0.2) is 4.79 Å². The van der Waals surface area contributed by atoms with Gasteiger partial charge < -0.3 is 14.7 Å². The van der Waals surface area contributed by atoms with Gasteiger partial charge in [-0.05, 0) is 32.7 Å². The molecular formula is C11H20N4O3. The summed E-state index contributed by atoms with van der Waals surface area (Å²) in [4.78, 5) is 16.1. The maximum Gasteiger partial charge on any atom is 0.410 e. The van der Waals surface area contributed by atoms with E-state index >= 15 is 0 Å². The predicted octanol–water partition coefficient (Wildman–Crippen LogP) is 1.91. The van der Waals surface area contributed by atoms with Crippen molar-refractivity contribution in [1.29, 1.82) is 0 Å². The number of hydrogen-bond donors (Lipinski definition) is 1. The van der Waals surface area contributed by atoms with E-state index in [-0.39, 0.29) is 18.6 Å². The summed E-state index contributed by atoms with van der Waals surface area (Å²) < 4.78 is 5.27. The summed E-state index contributed by atoms with van der Waals surface area (Å²) in [5, 5.41) is 13.2. The summed E-state index contributed by atoms with van der Waals surface area (Å²) in [5.74, 6) is -0.220. The molecule has 1 N–H and O–H groups in total. The quantitative estimate of drug-likeness (QED) is 0.464. The number of rotatable bonds is 2. The molecule has 2 atom stereocenters. The molecule has 0 aromatic heterocycles. The Balaban J connectivity index is 2.58. The predicted molar refractivity (Wildman–Crippen MR) is 65.9 cm³/mol. The van der Waals surface area contributed by atoms with Crippen LogP contribution in [0, 0.1) is 5.92 Å². The Bertz CT molecular complexity index is 347. The Morgan fingerprint density at radius 3 is 2.83 bits per heavy atom. The molecule has 0 aromatic rings. The second kappa shape index (κ2) is 5.93. The van der Waals surface area contributed by atoms with Crippen LogP contribution in [0.3, 0.4) is 0 Å². The summed E-state index contributed by atoms with van der Waals surface area (Å²) in [6, 6.07) is 0. The lowest BCUT2D eigenvalue weighted by Crippen LogP contribution is -2.48. The molecule has 0 radical (unpaired) electrons. The van der Waals surface area contributed by atoms with Gasteiger partial charge in [0.2, 0.25) is 0 Å². The summed E-state index contributed by atoms with van der Waals surface area (Å²) in [6.45, 7) is 6.43. The Labute approximate surface area is 106 Å². The topological polar surface area (TPSA) is 98.5 Å². The Kier molecular flexibility index (Phi) is 4.81. The first-order valence-electron chi connectivity index (χ1n) is 6.00. The van der Waals surface area contributed by atoms with Gasteiger partial charge in [-0.1, -0.05) is 5.11 Å². The fraction of sp³-hybridized carbons (Fsp3) is 0.909. The van der Waals surface area contributed by atoms with E-state index in [4.69, 9.17) is 10.3 Å². The van der Waals surface area contributed by atoms with Crippen LogP contribution in [0.15, 0.2) is 5.11 Å². The first-order chi connectivity index (χ1) is 8.33. The van der Waals surface area contributed by atoms with Crippen molar-refractivity contribution < 1.29 is 14.6 Å². The van der Waals surface area contributed by atoms with Crippen molar-refractivity contribution in [2.75, 3.05) is 19.6 Å². The number of aliphatic hydroxyl groups excluding tert-OH is 1. The van der Waals surface area contributed by atoms with Crippen LogP contribution in [0.5, 0.6) is 0 Å². The molecule has 0 bridgehead atoms. The lowest BCUT2D eigenvalue weighted by molar-refractivity contribution is -0.00651. The molecule has 1 heterocycles. The number of piperidine rings is 1. The molecule has 1 saturated heterocycles. The zero-order valence-corrected chi connectivity index (χ0v) is 11.0. The van der Waals surface area contributed by atoms with Crippen molar-refractivity contribution in [3.63, 3.8) is 0 Å². The van der Waals surface area contributed by atoms with Crippen LogP contribution in [-0.2, 0) is 4.74 Å². The zero-order chi connectivity index (χ0) is 13.8. The number of aliphatic hydroxyl groups is 1. The van der Waals surface area contributed by atoms with E-state index in [1.165, 1.54) is 0 Å². The molecule has 1 amide bonds. The fourth-order valence-corrected chi connectivity index (χ4v) is 1.83. The highest BCUT2D eigenvalue weighted by Gasteiger charge is 2.31. The fourth-order valence-electron chi connectivity index (χ4n) is 1.83. The molecule has 1 aliphatic rings. The lowest BCUT2D eigenvalue weighted by Gasteiger charge is -2.36. The summed E-state index contributed by atoms with van der Waals surface area (Å²) in [6.07, 6.45) is -0.445.